The van der Waals surface area contributed by atoms with Crippen LogP contribution in [0.5, 0.6) is 0 Å². The first-order valence-corrected chi connectivity index (χ1v) is 10.1. The molecule has 1 unspecified atom stereocenters. The first-order chi connectivity index (χ1) is 12.0. The highest BCUT2D eigenvalue weighted by Gasteiger charge is 2.26. The Hall–Kier alpha value is -1.35. The summed E-state index contributed by atoms with van der Waals surface area (Å²) in [5, 5.41) is 2.51. The first-order valence-electron chi connectivity index (χ1n) is 9.64. The lowest BCUT2D eigenvalue weighted by atomic mass is 9.79. The molecule has 25 heavy (non-hydrogen) atoms. The Morgan fingerprint density at radius 2 is 1.76 bits per heavy atom. The molecule has 1 N–H and O–H groups in total. The highest BCUT2D eigenvalue weighted by molar-refractivity contribution is 6.33. The predicted molar refractivity (Wildman–Crippen MR) is 104 cm³/mol. The molecule has 4 heteroatoms. The molecule has 1 aromatic carbocycles. The molecule has 138 valence electrons. The Bertz CT molecular complexity index is 562. The van der Waals surface area contributed by atoms with Gasteiger partial charge in [0.15, 0.2) is 5.78 Å². The van der Waals surface area contributed by atoms with Crippen molar-refractivity contribution in [2.75, 3.05) is 5.32 Å². The van der Waals surface area contributed by atoms with Gasteiger partial charge >= 0.3 is 0 Å². The number of alkyl halides is 1. The van der Waals surface area contributed by atoms with E-state index in [9.17, 15) is 9.59 Å². The molecule has 1 amide bonds. The lowest BCUT2D eigenvalue weighted by Crippen LogP contribution is -2.27. The number of benzene rings is 1. The Morgan fingerprint density at radius 1 is 1.12 bits per heavy atom. The van der Waals surface area contributed by atoms with Crippen LogP contribution in [0.3, 0.4) is 0 Å². The van der Waals surface area contributed by atoms with Crippen LogP contribution < -0.4 is 5.32 Å². The van der Waals surface area contributed by atoms with Crippen molar-refractivity contribution in [2.45, 2.75) is 70.6 Å². The average Bonchev–Trinajstić information content (AvgIpc) is 2.66. The highest BCUT2D eigenvalue weighted by atomic mass is 35.5. The topological polar surface area (TPSA) is 46.2 Å². The van der Waals surface area contributed by atoms with Gasteiger partial charge in [-0.2, -0.15) is 0 Å². The summed E-state index contributed by atoms with van der Waals surface area (Å²) in [5.41, 5.74) is 1.34. The predicted octanol–water partition coefficient (Wildman–Crippen LogP) is 5.82. The van der Waals surface area contributed by atoms with Crippen LogP contribution in [0.4, 0.5) is 5.69 Å². The van der Waals surface area contributed by atoms with Crippen molar-refractivity contribution in [1.29, 1.82) is 0 Å². The maximum Gasteiger partial charge on any atom is 0.227 e. The summed E-state index contributed by atoms with van der Waals surface area (Å²) in [6, 6.07) is 7.06. The summed E-state index contributed by atoms with van der Waals surface area (Å²) in [6.07, 6.45) is 8.77. The molecule has 1 fully saturated rings. The van der Waals surface area contributed by atoms with E-state index in [1.807, 2.05) is 6.92 Å². The number of carbonyl (C=O) groups excluding carboxylic acids is 2. The third-order valence-corrected chi connectivity index (χ3v) is 5.77. The molecule has 0 saturated heterocycles. The summed E-state index contributed by atoms with van der Waals surface area (Å²) in [5.74, 6) is 0.965. The number of anilines is 1. The van der Waals surface area contributed by atoms with Crippen molar-refractivity contribution in [3.05, 3.63) is 29.8 Å². The SMILES string of the molecule is CCCCC1CCC(C(=O)Nc2ccc(C(=O)C(Cl)CC)cc2)CC1. The van der Waals surface area contributed by atoms with Crippen molar-refractivity contribution in [1.82, 2.24) is 0 Å². The minimum absolute atomic E-state index is 0.0626. The Labute approximate surface area is 156 Å². The molecule has 1 saturated carbocycles. The van der Waals surface area contributed by atoms with Crippen LogP contribution in [-0.4, -0.2) is 17.1 Å². The molecule has 1 aliphatic rings. The van der Waals surface area contributed by atoms with Crippen LogP contribution in [0.2, 0.25) is 0 Å². The zero-order chi connectivity index (χ0) is 18.2. The highest BCUT2D eigenvalue weighted by Crippen LogP contribution is 2.32. The van der Waals surface area contributed by atoms with Gasteiger partial charge in [0.05, 0.1) is 5.38 Å². The lowest BCUT2D eigenvalue weighted by molar-refractivity contribution is -0.121. The van der Waals surface area contributed by atoms with E-state index >= 15 is 0 Å². The van der Waals surface area contributed by atoms with Crippen molar-refractivity contribution in [2.24, 2.45) is 11.8 Å². The van der Waals surface area contributed by atoms with Crippen LogP contribution in [-0.2, 0) is 4.79 Å². The van der Waals surface area contributed by atoms with E-state index in [-0.39, 0.29) is 17.6 Å². The van der Waals surface area contributed by atoms with Gasteiger partial charge in [-0.25, -0.2) is 0 Å². The largest absolute Gasteiger partial charge is 0.326 e. The minimum Gasteiger partial charge on any atom is -0.326 e. The summed E-state index contributed by atoms with van der Waals surface area (Å²) < 4.78 is 0. The summed E-state index contributed by atoms with van der Waals surface area (Å²) >= 11 is 6.00. The summed E-state index contributed by atoms with van der Waals surface area (Å²) in [4.78, 5) is 24.5. The molecule has 0 aliphatic heterocycles. The second-order valence-electron chi connectivity index (χ2n) is 7.17. The zero-order valence-electron chi connectivity index (χ0n) is 15.4. The van der Waals surface area contributed by atoms with E-state index in [4.69, 9.17) is 11.6 Å². The fourth-order valence-electron chi connectivity index (χ4n) is 3.53. The number of unbranched alkanes of at least 4 members (excludes halogenated alkanes) is 1. The molecular formula is C21H30ClNO2. The van der Waals surface area contributed by atoms with Gasteiger partial charge in [0, 0.05) is 17.2 Å². The van der Waals surface area contributed by atoms with Crippen LogP contribution >= 0.6 is 11.6 Å². The van der Waals surface area contributed by atoms with Gasteiger partial charge < -0.3 is 5.32 Å². The second-order valence-corrected chi connectivity index (χ2v) is 7.69. The molecule has 1 aliphatic carbocycles. The van der Waals surface area contributed by atoms with E-state index < -0.39 is 5.38 Å². The standard InChI is InChI=1S/C21H30ClNO2/c1-3-5-6-15-7-9-17(10-8-15)21(25)23-18-13-11-16(12-14-18)20(24)19(22)4-2/h11-15,17,19H,3-10H2,1-2H3,(H,23,25). The molecule has 0 spiro atoms. The van der Waals surface area contributed by atoms with Crippen LogP contribution in [0.15, 0.2) is 24.3 Å². The fraction of sp³-hybridized carbons (Fsp3) is 0.619. The number of halogens is 1. The maximum atomic E-state index is 12.5. The number of ketones is 1. The van der Waals surface area contributed by atoms with Crippen molar-refractivity contribution in [3.63, 3.8) is 0 Å². The number of Topliss-reactive ketones (excluding diaryl/α,β-unsaturated/α-hetero) is 1. The van der Waals surface area contributed by atoms with E-state index in [2.05, 4.69) is 12.2 Å². The van der Waals surface area contributed by atoms with Crippen LogP contribution in [0.25, 0.3) is 0 Å². The quantitative estimate of drug-likeness (QED) is 0.467. The van der Waals surface area contributed by atoms with Gasteiger partial charge in [-0.05, 0) is 62.3 Å². The molecule has 0 radical (unpaired) electrons. The van der Waals surface area contributed by atoms with Gasteiger partial charge in [-0.15, -0.1) is 11.6 Å². The fourth-order valence-corrected chi connectivity index (χ4v) is 3.66. The molecule has 1 atom stereocenters. The van der Waals surface area contributed by atoms with Gasteiger partial charge in [-0.1, -0.05) is 33.1 Å². The number of carbonyl (C=O) groups is 2. The van der Waals surface area contributed by atoms with Gasteiger partial charge in [0.25, 0.3) is 0 Å². The normalized spacial score (nSPS) is 21.6. The van der Waals surface area contributed by atoms with E-state index in [1.54, 1.807) is 24.3 Å². The third-order valence-electron chi connectivity index (χ3n) is 5.26. The summed E-state index contributed by atoms with van der Waals surface area (Å²) in [7, 11) is 0. The Morgan fingerprint density at radius 3 is 2.32 bits per heavy atom. The van der Waals surface area contributed by atoms with Crippen molar-refractivity contribution < 1.29 is 9.59 Å². The molecule has 2 rings (SSSR count). The van der Waals surface area contributed by atoms with Crippen LogP contribution in [0, 0.1) is 11.8 Å². The smallest absolute Gasteiger partial charge is 0.227 e. The third kappa shape index (κ3) is 5.85. The molecule has 0 bridgehead atoms. The number of amides is 1. The van der Waals surface area contributed by atoms with E-state index in [0.717, 1.165) is 24.4 Å². The number of rotatable bonds is 8. The van der Waals surface area contributed by atoms with Gasteiger partial charge in [-0.3, -0.25) is 9.59 Å². The first kappa shape index (κ1) is 20.0. The monoisotopic (exact) mass is 363 g/mol. The number of hydrogen-bond donors (Lipinski definition) is 1. The van der Waals surface area contributed by atoms with Gasteiger partial charge in [0.2, 0.25) is 5.91 Å². The van der Waals surface area contributed by atoms with Crippen LogP contribution in [0.1, 0.15) is 75.6 Å². The zero-order valence-corrected chi connectivity index (χ0v) is 16.1. The van der Waals surface area contributed by atoms with Crippen molar-refractivity contribution >= 4 is 29.0 Å². The van der Waals surface area contributed by atoms with Crippen molar-refractivity contribution in [3.8, 4) is 0 Å². The minimum atomic E-state index is -0.483. The maximum absolute atomic E-state index is 12.5. The summed E-state index contributed by atoms with van der Waals surface area (Å²) in [6.45, 7) is 4.12. The van der Waals surface area contributed by atoms with E-state index in [0.29, 0.717) is 12.0 Å². The Kier molecular flexibility index (Phi) is 7.95. The van der Waals surface area contributed by atoms with Gasteiger partial charge in [0.1, 0.15) is 0 Å². The number of nitrogens with one attached hydrogen (secondary N) is 1. The second kappa shape index (κ2) is 9.96. The number of hydrogen-bond acceptors (Lipinski definition) is 2. The molecular weight excluding hydrogens is 334 g/mol. The molecule has 1 aromatic rings. The average molecular weight is 364 g/mol. The molecule has 0 aromatic heterocycles. The lowest BCUT2D eigenvalue weighted by Gasteiger charge is -2.27. The Balaban J connectivity index is 1.84. The molecule has 3 nitrogen and oxygen atoms in total. The van der Waals surface area contributed by atoms with E-state index in [1.165, 1.54) is 32.1 Å². The molecule has 0 heterocycles.